The second kappa shape index (κ2) is 10.6. The molecule has 3 aromatic rings. The number of hydrogen-bond donors (Lipinski definition) is 1. The van der Waals surface area contributed by atoms with Crippen molar-refractivity contribution in [2.24, 2.45) is 7.05 Å². The molecule has 0 radical (unpaired) electrons. The van der Waals surface area contributed by atoms with Gasteiger partial charge in [-0.3, -0.25) is 0 Å². The van der Waals surface area contributed by atoms with Crippen LogP contribution in [0.15, 0.2) is 72.1 Å². The van der Waals surface area contributed by atoms with E-state index in [0.29, 0.717) is 5.92 Å². The first-order valence-electron chi connectivity index (χ1n) is 10.2. The Morgan fingerprint density at radius 1 is 1.13 bits per heavy atom. The van der Waals surface area contributed by atoms with Gasteiger partial charge in [0, 0.05) is 32.3 Å². The van der Waals surface area contributed by atoms with Crippen LogP contribution in [-0.4, -0.2) is 56.7 Å². The van der Waals surface area contributed by atoms with Crippen molar-refractivity contribution in [3.05, 3.63) is 78.2 Å². The van der Waals surface area contributed by atoms with E-state index < -0.39 is 10.0 Å². The number of nitrogens with zero attached hydrogens (tertiary/aromatic N) is 3. The lowest BCUT2D eigenvalue weighted by Gasteiger charge is -2.22. The molecule has 166 valence electrons. The maximum Gasteiger partial charge on any atom is 0.259 e. The Kier molecular flexibility index (Phi) is 7.84. The summed E-state index contributed by atoms with van der Waals surface area (Å²) in [5.41, 5.74) is 2.49. The molecule has 0 spiro atoms. The number of aryl methyl sites for hydroxylation is 1. The van der Waals surface area contributed by atoms with Crippen LogP contribution in [0.1, 0.15) is 17.0 Å². The Balaban J connectivity index is 1.60. The predicted octanol–water partition coefficient (Wildman–Crippen LogP) is 2.67. The first-order chi connectivity index (χ1) is 14.8. The molecule has 0 aliphatic heterocycles. The molecule has 0 aliphatic carbocycles. The zero-order chi connectivity index (χ0) is 22.3. The minimum atomic E-state index is -3.63. The van der Waals surface area contributed by atoms with Crippen molar-refractivity contribution < 1.29 is 13.2 Å². The van der Waals surface area contributed by atoms with Gasteiger partial charge < -0.3 is 14.2 Å². The third-order valence-electron chi connectivity index (χ3n) is 4.86. The number of ether oxygens (including phenoxy) is 1. The van der Waals surface area contributed by atoms with E-state index in [1.54, 1.807) is 11.6 Å². The first kappa shape index (κ1) is 23.0. The summed E-state index contributed by atoms with van der Waals surface area (Å²) in [7, 11) is 2.25. The Hall–Kier alpha value is -2.68. The number of nitrogens with one attached hydrogen (secondary N) is 1. The van der Waals surface area contributed by atoms with E-state index in [1.165, 1.54) is 23.7 Å². The largest absolute Gasteiger partial charge is 0.492 e. The molecule has 0 aliphatic rings. The van der Waals surface area contributed by atoms with Gasteiger partial charge in [-0.1, -0.05) is 42.5 Å². The second-order valence-electron chi connectivity index (χ2n) is 7.84. The number of benzene rings is 2. The molecular formula is C23H30N4O3S. The molecule has 7 nitrogen and oxygen atoms in total. The molecular weight excluding hydrogens is 412 g/mol. The van der Waals surface area contributed by atoms with E-state index in [0.717, 1.165) is 18.7 Å². The van der Waals surface area contributed by atoms with E-state index in [9.17, 15) is 8.42 Å². The topological polar surface area (TPSA) is 76.5 Å². The minimum absolute atomic E-state index is 0.00411. The number of imidazole rings is 1. The Labute approximate surface area is 184 Å². The van der Waals surface area contributed by atoms with Crippen molar-refractivity contribution in [2.75, 3.05) is 33.8 Å². The fraction of sp³-hybridized carbons (Fsp3) is 0.348. The lowest BCUT2D eigenvalue weighted by atomic mass is 9.91. The number of sulfonamides is 1. The highest BCUT2D eigenvalue weighted by Gasteiger charge is 2.17. The van der Waals surface area contributed by atoms with Gasteiger partial charge >= 0.3 is 0 Å². The summed E-state index contributed by atoms with van der Waals surface area (Å²) in [6.45, 7) is 1.31. The number of hydrogen-bond acceptors (Lipinski definition) is 5. The van der Waals surface area contributed by atoms with Gasteiger partial charge in [0.25, 0.3) is 10.0 Å². The molecule has 1 heterocycles. The SMILES string of the molecule is CN(C)CC(Cc1ccccc1)c1cccc(OCCNS(=O)(=O)c2cn(C)cn2)c1. The van der Waals surface area contributed by atoms with Crippen LogP contribution in [0, 0.1) is 0 Å². The van der Waals surface area contributed by atoms with Crippen LogP contribution in [0.4, 0.5) is 0 Å². The molecule has 1 unspecified atom stereocenters. The van der Waals surface area contributed by atoms with E-state index in [2.05, 4.69) is 59.0 Å². The summed E-state index contributed by atoms with van der Waals surface area (Å²) in [5, 5.41) is 0.00411. The minimum Gasteiger partial charge on any atom is -0.492 e. The van der Waals surface area contributed by atoms with Crippen LogP contribution in [0.25, 0.3) is 0 Å². The molecule has 1 atom stereocenters. The smallest absolute Gasteiger partial charge is 0.259 e. The Morgan fingerprint density at radius 3 is 2.58 bits per heavy atom. The van der Waals surface area contributed by atoms with Gasteiger partial charge in [-0.05, 0) is 43.8 Å². The maximum atomic E-state index is 12.2. The van der Waals surface area contributed by atoms with Gasteiger partial charge in [0.2, 0.25) is 0 Å². The molecule has 2 aromatic carbocycles. The summed E-state index contributed by atoms with van der Waals surface area (Å²) in [6, 6.07) is 18.5. The van der Waals surface area contributed by atoms with Crippen LogP contribution in [0.5, 0.6) is 5.75 Å². The van der Waals surface area contributed by atoms with Gasteiger partial charge in [-0.15, -0.1) is 0 Å². The molecule has 0 saturated carbocycles. The summed E-state index contributed by atoms with van der Waals surface area (Å²) < 4.78 is 34.4. The quantitative estimate of drug-likeness (QED) is 0.462. The van der Waals surface area contributed by atoms with E-state index in [4.69, 9.17) is 4.74 Å². The van der Waals surface area contributed by atoms with Crippen molar-refractivity contribution in [2.45, 2.75) is 17.4 Å². The Morgan fingerprint density at radius 2 is 1.90 bits per heavy atom. The van der Waals surface area contributed by atoms with Crippen molar-refractivity contribution >= 4 is 10.0 Å². The molecule has 0 bridgehead atoms. The molecule has 0 fully saturated rings. The third-order valence-corrected chi connectivity index (χ3v) is 6.20. The average Bonchev–Trinajstić information content (AvgIpc) is 3.19. The van der Waals surface area contributed by atoms with Gasteiger partial charge in [0.1, 0.15) is 12.4 Å². The monoisotopic (exact) mass is 442 g/mol. The number of rotatable bonds is 11. The predicted molar refractivity (Wildman–Crippen MR) is 122 cm³/mol. The first-order valence-corrected chi connectivity index (χ1v) is 11.7. The standard InChI is InChI=1S/C23H30N4O3S/c1-26(2)16-21(14-19-8-5-4-6-9-19)20-10-7-11-22(15-20)30-13-12-25-31(28,29)23-17-27(3)18-24-23/h4-11,15,17-18,21,25H,12-14,16H2,1-3H3. The number of likely N-dealkylation sites (N-methyl/N-ethyl adjacent to an activating group) is 1. The highest BCUT2D eigenvalue weighted by atomic mass is 32.2. The van der Waals surface area contributed by atoms with Crippen LogP contribution in [0.3, 0.4) is 0 Å². The lowest BCUT2D eigenvalue weighted by molar-refractivity contribution is 0.321. The van der Waals surface area contributed by atoms with Crippen molar-refractivity contribution in [3.8, 4) is 5.75 Å². The molecule has 3 rings (SSSR count). The number of aromatic nitrogens is 2. The van der Waals surface area contributed by atoms with Crippen molar-refractivity contribution in [1.82, 2.24) is 19.2 Å². The summed E-state index contributed by atoms with van der Waals surface area (Å²) in [6.07, 6.45) is 3.85. The Bertz CT molecular complexity index is 1070. The van der Waals surface area contributed by atoms with Crippen molar-refractivity contribution in [3.63, 3.8) is 0 Å². The maximum absolute atomic E-state index is 12.2. The fourth-order valence-electron chi connectivity index (χ4n) is 3.43. The van der Waals surface area contributed by atoms with E-state index >= 15 is 0 Å². The molecule has 1 N–H and O–H groups in total. The normalized spacial score (nSPS) is 12.8. The summed E-state index contributed by atoms with van der Waals surface area (Å²) >= 11 is 0. The molecule has 0 saturated heterocycles. The van der Waals surface area contributed by atoms with Crippen LogP contribution < -0.4 is 9.46 Å². The third kappa shape index (κ3) is 6.92. The summed E-state index contributed by atoms with van der Waals surface area (Å²) in [5.74, 6) is 1.05. The zero-order valence-corrected chi connectivity index (χ0v) is 19.0. The highest BCUT2D eigenvalue weighted by molar-refractivity contribution is 7.89. The van der Waals surface area contributed by atoms with Gasteiger partial charge in [0.05, 0.1) is 6.33 Å². The fourth-order valence-corrected chi connectivity index (χ4v) is 4.42. The van der Waals surface area contributed by atoms with Crippen LogP contribution >= 0.6 is 0 Å². The summed E-state index contributed by atoms with van der Waals surface area (Å²) in [4.78, 5) is 6.07. The molecule has 8 heteroatoms. The van der Waals surface area contributed by atoms with E-state index in [1.807, 2.05) is 24.3 Å². The second-order valence-corrected chi connectivity index (χ2v) is 9.56. The van der Waals surface area contributed by atoms with Crippen LogP contribution in [-0.2, 0) is 23.5 Å². The highest BCUT2D eigenvalue weighted by Crippen LogP contribution is 2.25. The molecule has 0 amide bonds. The van der Waals surface area contributed by atoms with Gasteiger partial charge in [-0.2, -0.15) is 0 Å². The zero-order valence-electron chi connectivity index (χ0n) is 18.2. The van der Waals surface area contributed by atoms with Gasteiger partial charge in [-0.25, -0.2) is 18.1 Å². The lowest BCUT2D eigenvalue weighted by Crippen LogP contribution is -2.28. The van der Waals surface area contributed by atoms with Crippen LogP contribution in [0.2, 0.25) is 0 Å². The van der Waals surface area contributed by atoms with E-state index in [-0.39, 0.29) is 18.2 Å². The molecule has 31 heavy (non-hydrogen) atoms. The van der Waals surface area contributed by atoms with Crippen molar-refractivity contribution in [1.29, 1.82) is 0 Å². The average molecular weight is 443 g/mol. The molecule has 1 aromatic heterocycles. The van der Waals surface area contributed by atoms with Gasteiger partial charge in [0.15, 0.2) is 5.03 Å².